The molecule has 0 radical (unpaired) electrons. The molecule has 2 spiro atoms. The fourth-order valence-corrected chi connectivity index (χ4v) is 4.86. The Labute approximate surface area is 88.6 Å². The second kappa shape index (κ2) is 2.24. The minimum Gasteiger partial charge on any atom is -0.311 e. The van der Waals surface area contributed by atoms with Crippen LogP contribution in [0, 0.1) is 10.8 Å². The number of nitrogens with one attached hydrogen (secondary N) is 1. The average molecular weight is 213 g/mol. The van der Waals surface area contributed by atoms with Gasteiger partial charge < -0.3 is 5.32 Å². The molecule has 2 aliphatic heterocycles. The van der Waals surface area contributed by atoms with Crippen molar-refractivity contribution in [3.05, 3.63) is 0 Å². The van der Waals surface area contributed by atoms with Crippen molar-refractivity contribution in [3.63, 3.8) is 0 Å². The first-order valence-corrected chi connectivity index (χ1v) is 6.25. The summed E-state index contributed by atoms with van der Waals surface area (Å²) in [6.07, 6.45) is 6.35. The third-order valence-corrected chi connectivity index (χ3v) is 5.79. The van der Waals surface area contributed by atoms with Gasteiger partial charge in [0.25, 0.3) is 5.92 Å². The van der Waals surface area contributed by atoms with Gasteiger partial charge in [0.1, 0.15) is 0 Å². The van der Waals surface area contributed by atoms with Crippen LogP contribution in [0.25, 0.3) is 0 Å². The zero-order valence-corrected chi connectivity index (χ0v) is 8.86. The van der Waals surface area contributed by atoms with Crippen LogP contribution in [0.3, 0.4) is 0 Å². The summed E-state index contributed by atoms with van der Waals surface area (Å²) in [5, 5.41) is 3.48. The molecule has 0 aromatic carbocycles. The lowest BCUT2D eigenvalue weighted by atomic mass is 9.71. The Bertz CT molecular complexity index is 310. The van der Waals surface area contributed by atoms with E-state index in [-0.39, 0.29) is 0 Å². The highest BCUT2D eigenvalue weighted by atomic mass is 19.3. The molecule has 4 rings (SSSR count). The lowest BCUT2D eigenvalue weighted by molar-refractivity contribution is 0.0174. The molecule has 3 heteroatoms. The van der Waals surface area contributed by atoms with Crippen molar-refractivity contribution in [3.8, 4) is 0 Å². The van der Waals surface area contributed by atoms with Gasteiger partial charge in [0.15, 0.2) is 0 Å². The maximum atomic E-state index is 14.1. The predicted octanol–water partition coefficient (Wildman–Crippen LogP) is 2.71. The molecular formula is C12H17F2N. The van der Waals surface area contributed by atoms with Crippen molar-refractivity contribution in [1.82, 2.24) is 5.32 Å². The highest BCUT2D eigenvalue weighted by Crippen LogP contribution is 2.86. The molecule has 0 amide bonds. The Balaban J connectivity index is 1.72. The average Bonchev–Trinajstić information content (AvgIpc) is 2.36. The molecule has 2 saturated heterocycles. The number of hydrogen-bond acceptors (Lipinski definition) is 1. The summed E-state index contributed by atoms with van der Waals surface area (Å²) in [6.45, 7) is 0. The van der Waals surface area contributed by atoms with E-state index in [1.807, 2.05) is 0 Å². The molecule has 15 heavy (non-hydrogen) atoms. The first-order valence-electron chi connectivity index (χ1n) is 6.25. The lowest BCUT2D eigenvalue weighted by Crippen LogP contribution is -2.42. The van der Waals surface area contributed by atoms with E-state index in [1.165, 1.54) is 0 Å². The van der Waals surface area contributed by atoms with E-state index in [2.05, 4.69) is 5.32 Å². The number of rotatable bonds is 0. The van der Waals surface area contributed by atoms with E-state index in [0.29, 0.717) is 12.1 Å². The van der Waals surface area contributed by atoms with Crippen LogP contribution in [0.1, 0.15) is 44.9 Å². The number of fused-ring (bicyclic) bond motifs is 3. The van der Waals surface area contributed by atoms with E-state index < -0.39 is 16.8 Å². The largest absolute Gasteiger partial charge is 0.311 e. The minimum atomic E-state index is -2.33. The van der Waals surface area contributed by atoms with Crippen molar-refractivity contribution in [2.24, 2.45) is 10.8 Å². The molecule has 84 valence electrons. The van der Waals surface area contributed by atoms with Crippen LogP contribution in [-0.4, -0.2) is 18.0 Å². The molecule has 4 fully saturated rings. The Morgan fingerprint density at radius 2 is 1.53 bits per heavy atom. The van der Waals surface area contributed by atoms with Gasteiger partial charge in [-0.15, -0.1) is 0 Å². The Hall–Kier alpha value is -0.180. The molecule has 0 aromatic rings. The zero-order valence-electron chi connectivity index (χ0n) is 8.86. The summed E-state index contributed by atoms with van der Waals surface area (Å²) < 4.78 is 28.2. The minimum absolute atomic E-state index is 0.398. The summed E-state index contributed by atoms with van der Waals surface area (Å²) in [5.74, 6) is -2.33. The van der Waals surface area contributed by atoms with Crippen molar-refractivity contribution in [2.75, 3.05) is 0 Å². The van der Waals surface area contributed by atoms with Gasteiger partial charge in [-0.3, -0.25) is 0 Å². The van der Waals surface area contributed by atoms with E-state index in [0.717, 1.165) is 44.9 Å². The molecule has 4 aliphatic rings. The molecular weight excluding hydrogens is 196 g/mol. The first kappa shape index (κ1) is 8.91. The Morgan fingerprint density at radius 1 is 0.933 bits per heavy atom. The van der Waals surface area contributed by atoms with Crippen LogP contribution < -0.4 is 5.32 Å². The van der Waals surface area contributed by atoms with Crippen molar-refractivity contribution in [1.29, 1.82) is 0 Å². The molecule has 2 saturated carbocycles. The number of halogens is 2. The third kappa shape index (κ3) is 0.719. The summed E-state index contributed by atoms with van der Waals surface area (Å²) in [7, 11) is 0. The normalized spacial score (nSPS) is 53.2. The van der Waals surface area contributed by atoms with E-state index in [9.17, 15) is 8.78 Å². The van der Waals surface area contributed by atoms with E-state index in [1.54, 1.807) is 0 Å². The fourth-order valence-electron chi connectivity index (χ4n) is 4.86. The smallest absolute Gasteiger partial charge is 0.260 e. The van der Waals surface area contributed by atoms with Crippen LogP contribution in [0.5, 0.6) is 0 Å². The van der Waals surface area contributed by atoms with E-state index >= 15 is 0 Å². The van der Waals surface area contributed by atoms with Crippen LogP contribution in [0.4, 0.5) is 8.78 Å². The maximum Gasteiger partial charge on any atom is 0.260 e. The SMILES string of the molecule is FC1(F)C2(CCC2)C12C[C@H]1CC[C@@H](C2)N1. The van der Waals surface area contributed by atoms with Gasteiger partial charge in [0.05, 0.1) is 0 Å². The lowest BCUT2D eigenvalue weighted by Gasteiger charge is -2.35. The Morgan fingerprint density at radius 3 is 1.93 bits per heavy atom. The third-order valence-electron chi connectivity index (χ3n) is 5.79. The van der Waals surface area contributed by atoms with E-state index in [4.69, 9.17) is 0 Å². The quantitative estimate of drug-likeness (QED) is 0.652. The highest BCUT2D eigenvalue weighted by molar-refractivity contribution is 5.33. The molecule has 1 N–H and O–H groups in total. The zero-order chi connectivity index (χ0) is 10.3. The molecule has 1 unspecified atom stereocenters. The van der Waals surface area contributed by atoms with Gasteiger partial charge in [-0.1, -0.05) is 6.42 Å². The van der Waals surface area contributed by atoms with Gasteiger partial charge in [-0.25, -0.2) is 8.78 Å². The van der Waals surface area contributed by atoms with Crippen LogP contribution in [0.2, 0.25) is 0 Å². The molecule has 2 aliphatic carbocycles. The Kier molecular flexibility index (Phi) is 1.33. The first-order chi connectivity index (χ1) is 7.11. The summed E-state index contributed by atoms with van der Waals surface area (Å²) in [5.41, 5.74) is -1.11. The number of alkyl halides is 2. The molecule has 1 nitrogen and oxygen atoms in total. The summed E-state index contributed by atoms with van der Waals surface area (Å²) in [6, 6.07) is 0.796. The molecule has 0 aromatic heterocycles. The van der Waals surface area contributed by atoms with Crippen molar-refractivity contribution < 1.29 is 8.78 Å². The van der Waals surface area contributed by atoms with Crippen molar-refractivity contribution >= 4 is 0 Å². The summed E-state index contributed by atoms with van der Waals surface area (Å²) >= 11 is 0. The monoisotopic (exact) mass is 213 g/mol. The number of hydrogen-bond donors (Lipinski definition) is 1. The van der Waals surface area contributed by atoms with Gasteiger partial charge in [0.2, 0.25) is 0 Å². The maximum absolute atomic E-state index is 14.1. The second-order valence-corrected chi connectivity index (χ2v) is 6.14. The van der Waals surface area contributed by atoms with Gasteiger partial charge in [0, 0.05) is 22.9 Å². The molecule has 2 heterocycles. The van der Waals surface area contributed by atoms with Gasteiger partial charge in [-0.2, -0.15) is 0 Å². The standard InChI is InChI=1S/C12H17F2N/c13-12(14)10(4-1-5-10)11(12)6-8-2-3-9(7-11)15-8/h8-9,15H,1-7H2/t8-,9+,11?. The topological polar surface area (TPSA) is 12.0 Å². The van der Waals surface area contributed by atoms with Crippen molar-refractivity contribution in [2.45, 2.75) is 63.0 Å². The number of piperidine rings is 1. The molecule has 3 atom stereocenters. The van der Waals surface area contributed by atoms with Crippen LogP contribution >= 0.6 is 0 Å². The van der Waals surface area contributed by atoms with Crippen LogP contribution in [-0.2, 0) is 0 Å². The highest BCUT2D eigenvalue weighted by Gasteiger charge is 2.91. The van der Waals surface area contributed by atoms with Crippen LogP contribution in [0.15, 0.2) is 0 Å². The predicted molar refractivity (Wildman–Crippen MR) is 52.8 cm³/mol. The van der Waals surface area contributed by atoms with Gasteiger partial charge in [-0.05, 0) is 38.5 Å². The van der Waals surface area contributed by atoms with Gasteiger partial charge >= 0.3 is 0 Å². The fraction of sp³-hybridized carbons (Fsp3) is 1.00. The summed E-state index contributed by atoms with van der Waals surface area (Å²) in [4.78, 5) is 0. The second-order valence-electron chi connectivity index (χ2n) is 6.14. The molecule has 2 bridgehead atoms.